The minimum Gasteiger partial charge on any atom is -0.463 e. The average molecular weight is 479 g/mol. The van der Waals surface area contributed by atoms with Crippen LogP contribution >= 0.6 is 0 Å². The van der Waals surface area contributed by atoms with Crippen molar-refractivity contribution in [2.75, 3.05) is 7.11 Å². The van der Waals surface area contributed by atoms with Crippen molar-refractivity contribution in [3.05, 3.63) is 47.5 Å². The Balaban J connectivity index is 1.49. The number of benzene rings is 1. The second-order valence-corrected chi connectivity index (χ2v) is 11.7. The summed E-state index contributed by atoms with van der Waals surface area (Å²) in [6.45, 7) is 4.44. The van der Waals surface area contributed by atoms with Crippen molar-refractivity contribution in [2.45, 2.75) is 82.7 Å². The van der Waals surface area contributed by atoms with E-state index < -0.39 is 34.7 Å². The molecule has 3 saturated carbocycles. The minimum absolute atomic E-state index is 0.0333. The van der Waals surface area contributed by atoms with E-state index in [0.29, 0.717) is 25.2 Å². The van der Waals surface area contributed by atoms with Crippen LogP contribution in [0.15, 0.2) is 42.0 Å². The van der Waals surface area contributed by atoms with E-state index in [-0.39, 0.29) is 17.1 Å². The van der Waals surface area contributed by atoms with Crippen LogP contribution < -0.4 is 0 Å². The summed E-state index contributed by atoms with van der Waals surface area (Å²) in [6, 6.07) is 9.72. The van der Waals surface area contributed by atoms with Gasteiger partial charge in [-0.2, -0.15) is 0 Å². The largest absolute Gasteiger partial charge is 0.463 e. The van der Waals surface area contributed by atoms with Crippen LogP contribution in [-0.4, -0.2) is 35.8 Å². The van der Waals surface area contributed by atoms with E-state index in [1.165, 1.54) is 12.7 Å². The molecule has 5 aliphatic rings. The number of hydrogen-bond acceptors (Lipinski definition) is 6. The highest BCUT2D eigenvalue weighted by molar-refractivity contribution is 6.37. The first-order valence-electron chi connectivity index (χ1n) is 13.0. The number of ketones is 2. The quantitative estimate of drug-likeness (QED) is 0.456. The standard InChI is InChI=1S/C29H34O6/c1-26-13-11-20(30)17-19(26)9-10-22-21(26)12-14-27(2)28(22)15-16-29(27,23(31)24(32)33-3)35-25(34-28)18-7-5-4-6-8-18/h4-8,17,21-22,25H,9-16H2,1-3H3/t21-,22+,25?,26-,27-,28+,29+/m0/s1. The zero-order valence-electron chi connectivity index (χ0n) is 20.8. The molecule has 1 saturated heterocycles. The number of fused-ring (bicyclic) bond motifs is 3. The Labute approximate surface area is 206 Å². The number of esters is 1. The molecule has 4 fully saturated rings. The fourth-order valence-electron chi connectivity index (χ4n) is 8.78. The Morgan fingerprint density at radius 1 is 0.943 bits per heavy atom. The smallest absolute Gasteiger partial charge is 0.377 e. The summed E-state index contributed by atoms with van der Waals surface area (Å²) in [6.07, 6.45) is 7.20. The lowest BCUT2D eigenvalue weighted by Crippen LogP contribution is -2.71. The lowest BCUT2D eigenvalue weighted by Gasteiger charge is -2.66. The molecular weight excluding hydrogens is 444 g/mol. The first kappa shape index (κ1) is 23.1. The van der Waals surface area contributed by atoms with E-state index in [4.69, 9.17) is 14.2 Å². The number of methoxy groups -OCH3 is 1. The van der Waals surface area contributed by atoms with Gasteiger partial charge in [0, 0.05) is 17.4 Å². The van der Waals surface area contributed by atoms with E-state index in [1.807, 2.05) is 36.4 Å². The van der Waals surface area contributed by atoms with Crippen LogP contribution in [0, 0.1) is 22.7 Å². The Hall–Kier alpha value is -2.31. The number of Topliss-reactive ketones (excluding diaryl/α,β-unsaturated/α-hetero) is 1. The van der Waals surface area contributed by atoms with Crippen molar-refractivity contribution >= 4 is 17.5 Å². The molecule has 6 nitrogen and oxygen atoms in total. The number of carbonyl (C=O) groups excluding carboxylic acids is 3. The van der Waals surface area contributed by atoms with Gasteiger partial charge in [0.2, 0.25) is 0 Å². The molecule has 0 amide bonds. The van der Waals surface area contributed by atoms with E-state index in [0.717, 1.165) is 37.7 Å². The van der Waals surface area contributed by atoms with Crippen molar-refractivity contribution in [3.8, 4) is 0 Å². The highest BCUT2D eigenvalue weighted by Crippen LogP contribution is 2.74. The van der Waals surface area contributed by atoms with Crippen molar-refractivity contribution in [2.24, 2.45) is 22.7 Å². The third kappa shape index (κ3) is 2.81. The van der Waals surface area contributed by atoms with Crippen molar-refractivity contribution in [1.82, 2.24) is 0 Å². The lowest BCUT2D eigenvalue weighted by atomic mass is 9.44. The van der Waals surface area contributed by atoms with Gasteiger partial charge in [-0.25, -0.2) is 4.79 Å². The fraction of sp³-hybridized carbons (Fsp3) is 0.621. The van der Waals surface area contributed by atoms with Gasteiger partial charge in [-0.05, 0) is 68.3 Å². The predicted molar refractivity (Wildman–Crippen MR) is 127 cm³/mol. The molecule has 0 spiro atoms. The predicted octanol–water partition coefficient (Wildman–Crippen LogP) is 4.87. The van der Waals surface area contributed by atoms with E-state index in [9.17, 15) is 14.4 Å². The van der Waals surface area contributed by atoms with Gasteiger partial charge in [-0.1, -0.05) is 49.8 Å². The van der Waals surface area contributed by atoms with Gasteiger partial charge in [-0.3, -0.25) is 9.59 Å². The van der Waals surface area contributed by atoms with E-state index in [2.05, 4.69) is 13.8 Å². The third-order valence-electron chi connectivity index (χ3n) is 10.7. The second kappa shape index (κ2) is 7.59. The van der Waals surface area contributed by atoms with Gasteiger partial charge in [0.25, 0.3) is 5.78 Å². The zero-order chi connectivity index (χ0) is 24.6. The molecule has 1 aliphatic heterocycles. The summed E-state index contributed by atoms with van der Waals surface area (Å²) < 4.78 is 18.6. The Morgan fingerprint density at radius 2 is 1.71 bits per heavy atom. The van der Waals surface area contributed by atoms with Crippen molar-refractivity contribution < 1.29 is 28.6 Å². The number of allylic oxidation sites excluding steroid dienone is 1. The van der Waals surface area contributed by atoms with Gasteiger partial charge in [0.15, 0.2) is 12.1 Å². The molecule has 6 heteroatoms. The number of rotatable bonds is 3. The maximum Gasteiger partial charge on any atom is 0.377 e. The van der Waals surface area contributed by atoms with Gasteiger partial charge in [0.1, 0.15) is 5.60 Å². The maximum atomic E-state index is 13.7. The average Bonchev–Trinajstić information content (AvgIpc) is 3.00. The topological polar surface area (TPSA) is 78.9 Å². The molecule has 0 aromatic heterocycles. The molecular formula is C29H34O6. The normalized spacial score (nSPS) is 43.9. The van der Waals surface area contributed by atoms with Crippen molar-refractivity contribution in [3.63, 3.8) is 0 Å². The number of hydrogen-bond donors (Lipinski definition) is 0. The Bertz CT molecular complexity index is 1130. The maximum absolute atomic E-state index is 13.7. The summed E-state index contributed by atoms with van der Waals surface area (Å²) in [4.78, 5) is 38.6. The summed E-state index contributed by atoms with van der Waals surface area (Å²) in [5.74, 6) is -0.603. The molecule has 4 aliphatic carbocycles. The van der Waals surface area contributed by atoms with Crippen LogP contribution in [0.5, 0.6) is 0 Å². The molecule has 1 aromatic carbocycles. The third-order valence-corrected chi connectivity index (χ3v) is 10.7. The summed E-state index contributed by atoms with van der Waals surface area (Å²) in [5, 5.41) is 0. The SMILES string of the molecule is COC(=O)C(=O)[C@@]12CC[C@@]3(OC(c4ccccc4)O1)[C@@H]1CCC4=CC(=O)CC[C@]4(C)[C@H]1CC[C@]23C. The van der Waals surface area contributed by atoms with Crippen molar-refractivity contribution in [1.29, 1.82) is 0 Å². The van der Waals surface area contributed by atoms with E-state index in [1.54, 1.807) is 0 Å². The molecule has 1 aromatic rings. The van der Waals surface area contributed by atoms with Crippen LogP contribution in [0.4, 0.5) is 0 Å². The van der Waals surface area contributed by atoms with Gasteiger partial charge in [-0.15, -0.1) is 0 Å². The highest BCUT2D eigenvalue weighted by Gasteiger charge is 2.79. The molecule has 35 heavy (non-hydrogen) atoms. The van der Waals surface area contributed by atoms with Crippen LogP contribution in [0.25, 0.3) is 0 Å². The number of ether oxygens (including phenoxy) is 3. The molecule has 0 radical (unpaired) electrons. The fourth-order valence-corrected chi connectivity index (χ4v) is 8.78. The first-order chi connectivity index (χ1) is 16.7. The summed E-state index contributed by atoms with van der Waals surface area (Å²) in [5.41, 5.74) is -0.395. The molecule has 2 bridgehead atoms. The number of carbonyl (C=O) groups is 3. The zero-order valence-corrected chi connectivity index (χ0v) is 20.8. The molecule has 1 unspecified atom stereocenters. The first-order valence-corrected chi connectivity index (χ1v) is 13.0. The monoisotopic (exact) mass is 478 g/mol. The molecule has 6 rings (SSSR count). The Kier molecular flexibility index (Phi) is 5.01. The van der Waals surface area contributed by atoms with Crippen LogP contribution in [0.3, 0.4) is 0 Å². The highest BCUT2D eigenvalue weighted by atomic mass is 16.7. The molecule has 186 valence electrons. The molecule has 1 heterocycles. The van der Waals surface area contributed by atoms with Crippen LogP contribution in [0.2, 0.25) is 0 Å². The van der Waals surface area contributed by atoms with Crippen LogP contribution in [-0.2, 0) is 28.6 Å². The van der Waals surface area contributed by atoms with Gasteiger partial charge < -0.3 is 14.2 Å². The van der Waals surface area contributed by atoms with Crippen LogP contribution in [0.1, 0.15) is 77.1 Å². The lowest BCUT2D eigenvalue weighted by molar-refractivity contribution is -0.373. The van der Waals surface area contributed by atoms with Gasteiger partial charge >= 0.3 is 5.97 Å². The van der Waals surface area contributed by atoms with E-state index >= 15 is 0 Å². The molecule has 0 N–H and O–H groups in total. The minimum atomic E-state index is -1.27. The summed E-state index contributed by atoms with van der Waals surface area (Å²) in [7, 11) is 1.26. The summed E-state index contributed by atoms with van der Waals surface area (Å²) >= 11 is 0. The second-order valence-electron chi connectivity index (χ2n) is 11.7. The van der Waals surface area contributed by atoms with Gasteiger partial charge in [0.05, 0.1) is 12.7 Å². The molecule has 7 atom stereocenters. The Morgan fingerprint density at radius 3 is 2.46 bits per heavy atom.